The summed E-state index contributed by atoms with van der Waals surface area (Å²) >= 11 is 0. The first-order chi connectivity index (χ1) is 8.97. The zero-order chi connectivity index (χ0) is 14.0. The highest BCUT2D eigenvalue weighted by atomic mass is 16.5. The van der Waals surface area contributed by atoms with Crippen LogP contribution in [0.25, 0.3) is 0 Å². The van der Waals surface area contributed by atoms with Gasteiger partial charge in [-0.15, -0.1) is 0 Å². The molecule has 3 atom stereocenters. The molecule has 0 radical (unpaired) electrons. The zero-order valence-corrected chi connectivity index (χ0v) is 12.1. The van der Waals surface area contributed by atoms with E-state index in [1.165, 1.54) is 12.8 Å². The molecule has 1 aromatic heterocycles. The van der Waals surface area contributed by atoms with E-state index in [0.717, 1.165) is 6.42 Å². The van der Waals surface area contributed by atoms with E-state index in [2.05, 4.69) is 25.8 Å². The maximum atomic E-state index is 6.09. The molecule has 0 spiro atoms. The third-order valence-electron chi connectivity index (χ3n) is 4.17. The normalized spacial score (nSPS) is 27.5. The monoisotopic (exact) mass is 263 g/mol. The van der Waals surface area contributed by atoms with Gasteiger partial charge in [0, 0.05) is 6.07 Å². The van der Waals surface area contributed by atoms with Crippen molar-refractivity contribution in [2.75, 3.05) is 11.5 Å². The van der Waals surface area contributed by atoms with Crippen LogP contribution in [-0.2, 0) is 0 Å². The van der Waals surface area contributed by atoms with E-state index >= 15 is 0 Å². The van der Waals surface area contributed by atoms with Crippen molar-refractivity contribution in [3.63, 3.8) is 0 Å². The summed E-state index contributed by atoms with van der Waals surface area (Å²) in [5.41, 5.74) is 11.9. The molecule has 0 aromatic carbocycles. The summed E-state index contributed by atoms with van der Waals surface area (Å²) in [6.07, 6.45) is 3.85. The number of pyridine rings is 1. The molecule has 1 aliphatic rings. The van der Waals surface area contributed by atoms with Gasteiger partial charge in [-0.3, -0.25) is 0 Å². The Labute approximate surface area is 115 Å². The summed E-state index contributed by atoms with van der Waals surface area (Å²) < 4.78 is 6.09. The summed E-state index contributed by atoms with van der Waals surface area (Å²) in [4.78, 5) is 4.22. The van der Waals surface area contributed by atoms with Gasteiger partial charge in [-0.05, 0) is 36.7 Å². The van der Waals surface area contributed by atoms with E-state index in [4.69, 9.17) is 16.2 Å². The zero-order valence-electron chi connectivity index (χ0n) is 12.1. The first kappa shape index (κ1) is 14.0. The standard InChI is InChI=1S/C15H25N3O/c1-9(2)11-5-4-10(3)8-13(11)19-14-7-6-12(16)15(17)18-14/h6-7,9-11,13H,4-5,8,16H2,1-3H3,(H2,17,18). The molecule has 0 bridgehead atoms. The summed E-state index contributed by atoms with van der Waals surface area (Å²) in [6, 6.07) is 3.57. The molecule has 2 rings (SSSR count). The van der Waals surface area contributed by atoms with Crippen LogP contribution in [-0.4, -0.2) is 11.1 Å². The maximum Gasteiger partial charge on any atom is 0.215 e. The number of hydrogen-bond donors (Lipinski definition) is 2. The lowest BCUT2D eigenvalue weighted by atomic mass is 9.75. The SMILES string of the molecule is CC1CCC(C(C)C)C(Oc2ccc(N)c(N)n2)C1. The molecule has 1 aliphatic carbocycles. The largest absolute Gasteiger partial charge is 0.474 e. The molecule has 1 heterocycles. The summed E-state index contributed by atoms with van der Waals surface area (Å²) in [5, 5.41) is 0. The second kappa shape index (κ2) is 5.68. The van der Waals surface area contributed by atoms with Crippen molar-refractivity contribution in [1.82, 2.24) is 4.98 Å². The Morgan fingerprint density at radius 1 is 1.26 bits per heavy atom. The quantitative estimate of drug-likeness (QED) is 0.878. The second-order valence-electron chi connectivity index (χ2n) is 6.11. The maximum absolute atomic E-state index is 6.09. The Morgan fingerprint density at radius 2 is 2.00 bits per heavy atom. The Morgan fingerprint density at radius 3 is 2.63 bits per heavy atom. The Hall–Kier alpha value is -1.45. The summed E-state index contributed by atoms with van der Waals surface area (Å²) in [7, 11) is 0. The third-order valence-corrected chi connectivity index (χ3v) is 4.17. The minimum Gasteiger partial charge on any atom is -0.474 e. The van der Waals surface area contributed by atoms with Gasteiger partial charge in [-0.1, -0.05) is 27.2 Å². The fourth-order valence-electron chi connectivity index (χ4n) is 2.94. The number of anilines is 2. The smallest absolute Gasteiger partial charge is 0.215 e. The minimum absolute atomic E-state index is 0.235. The van der Waals surface area contributed by atoms with Crippen molar-refractivity contribution in [2.24, 2.45) is 17.8 Å². The van der Waals surface area contributed by atoms with Crippen molar-refractivity contribution in [3.05, 3.63) is 12.1 Å². The van der Waals surface area contributed by atoms with E-state index in [1.807, 2.05) is 6.07 Å². The average molecular weight is 263 g/mol. The number of nitrogens with two attached hydrogens (primary N) is 2. The van der Waals surface area contributed by atoms with Gasteiger partial charge < -0.3 is 16.2 Å². The second-order valence-corrected chi connectivity index (χ2v) is 6.11. The molecule has 19 heavy (non-hydrogen) atoms. The van der Waals surface area contributed by atoms with Crippen molar-refractivity contribution in [2.45, 2.75) is 46.1 Å². The average Bonchev–Trinajstić information content (AvgIpc) is 2.33. The van der Waals surface area contributed by atoms with Gasteiger partial charge in [-0.25, -0.2) is 0 Å². The van der Waals surface area contributed by atoms with Crippen LogP contribution in [0.3, 0.4) is 0 Å². The van der Waals surface area contributed by atoms with E-state index in [1.54, 1.807) is 6.07 Å². The van der Waals surface area contributed by atoms with Gasteiger partial charge in [0.2, 0.25) is 5.88 Å². The molecule has 0 amide bonds. The van der Waals surface area contributed by atoms with Crippen LogP contribution in [0, 0.1) is 17.8 Å². The van der Waals surface area contributed by atoms with Crippen LogP contribution in [0.15, 0.2) is 12.1 Å². The number of nitrogens with zero attached hydrogens (tertiary/aromatic N) is 1. The molecular formula is C15H25N3O. The molecule has 1 aromatic rings. The molecule has 1 fully saturated rings. The predicted molar refractivity (Wildman–Crippen MR) is 78.8 cm³/mol. The molecule has 1 saturated carbocycles. The van der Waals surface area contributed by atoms with E-state index in [9.17, 15) is 0 Å². The molecule has 0 saturated heterocycles. The summed E-state index contributed by atoms with van der Waals surface area (Å²) in [5.74, 6) is 2.88. The van der Waals surface area contributed by atoms with Crippen molar-refractivity contribution < 1.29 is 4.74 Å². The van der Waals surface area contributed by atoms with E-state index in [0.29, 0.717) is 35.1 Å². The predicted octanol–water partition coefficient (Wildman–Crippen LogP) is 3.09. The lowest BCUT2D eigenvalue weighted by Crippen LogP contribution is -2.36. The van der Waals surface area contributed by atoms with Crippen LogP contribution in [0.2, 0.25) is 0 Å². The lowest BCUT2D eigenvalue weighted by Gasteiger charge is -2.37. The first-order valence-corrected chi connectivity index (χ1v) is 7.16. The fraction of sp³-hybridized carbons (Fsp3) is 0.667. The van der Waals surface area contributed by atoms with Crippen LogP contribution >= 0.6 is 0 Å². The minimum atomic E-state index is 0.235. The van der Waals surface area contributed by atoms with Crippen molar-refractivity contribution >= 4 is 11.5 Å². The topological polar surface area (TPSA) is 74.2 Å². The van der Waals surface area contributed by atoms with Gasteiger partial charge in [0.15, 0.2) is 5.82 Å². The van der Waals surface area contributed by atoms with E-state index < -0.39 is 0 Å². The number of aromatic nitrogens is 1. The highest BCUT2D eigenvalue weighted by molar-refractivity contribution is 5.58. The molecular weight excluding hydrogens is 238 g/mol. The lowest BCUT2D eigenvalue weighted by molar-refractivity contribution is 0.0428. The fourth-order valence-corrected chi connectivity index (χ4v) is 2.94. The summed E-state index contributed by atoms with van der Waals surface area (Å²) in [6.45, 7) is 6.82. The van der Waals surface area contributed by atoms with Gasteiger partial charge in [-0.2, -0.15) is 4.98 Å². The number of ether oxygens (including phenoxy) is 1. The van der Waals surface area contributed by atoms with Gasteiger partial charge in [0.1, 0.15) is 6.10 Å². The van der Waals surface area contributed by atoms with E-state index in [-0.39, 0.29) is 6.10 Å². The Balaban J connectivity index is 2.11. The number of hydrogen-bond acceptors (Lipinski definition) is 4. The van der Waals surface area contributed by atoms with Gasteiger partial charge in [0.25, 0.3) is 0 Å². The Bertz CT molecular complexity index is 433. The van der Waals surface area contributed by atoms with Crippen molar-refractivity contribution in [3.8, 4) is 5.88 Å². The van der Waals surface area contributed by atoms with Gasteiger partial charge in [0.05, 0.1) is 5.69 Å². The molecule has 4 heteroatoms. The van der Waals surface area contributed by atoms with Gasteiger partial charge >= 0.3 is 0 Å². The molecule has 4 N–H and O–H groups in total. The third kappa shape index (κ3) is 3.31. The highest BCUT2D eigenvalue weighted by Crippen LogP contribution is 2.35. The van der Waals surface area contributed by atoms with Crippen LogP contribution in [0.5, 0.6) is 5.88 Å². The number of nitrogen functional groups attached to an aromatic ring is 2. The van der Waals surface area contributed by atoms with Crippen LogP contribution < -0.4 is 16.2 Å². The first-order valence-electron chi connectivity index (χ1n) is 7.16. The molecule has 3 unspecified atom stereocenters. The molecule has 0 aliphatic heterocycles. The van der Waals surface area contributed by atoms with Crippen molar-refractivity contribution in [1.29, 1.82) is 0 Å². The molecule has 4 nitrogen and oxygen atoms in total. The molecule has 106 valence electrons. The Kier molecular flexibility index (Phi) is 4.17. The highest BCUT2D eigenvalue weighted by Gasteiger charge is 2.32. The number of rotatable bonds is 3. The van der Waals surface area contributed by atoms with Crippen LogP contribution in [0.4, 0.5) is 11.5 Å². The van der Waals surface area contributed by atoms with Crippen LogP contribution in [0.1, 0.15) is 40.0 Å².